The van der Waals surface area contributed by atoms with Gasteiger partial charge in [0.1, 0.15) is 5.60 Å². The summed E-state index contributed by atoms with van der Waals surface area (Å²) in [5, 5.41) is 2.93. The Morgan fingerprint density at radius 3 is 2.67 bits per heavy atom. The van der Waals surface area contributed by atoms with Crippen LogP contribution in [0, 0.1) is 12.8 Å². The first-order valence-electron chi connectivity index (χ1n) is 6.33. The summed E-state index contributed by atoms with van der Waals surface area (Å²) in [6.07, 6.45) is 0.0348. The van der Waals surface area contributed by atoms with Crippen LogP contribution in [0.5, 0.6) is 0 Å². The number of cyclic esters (lactones) is 1. The second kappa shape index (κ2) is 5.44. The van der Waals surface area contributed by atoms with E-state index in [0.29, 0.717) is 10.0 Å². The van der Waals surface area contributed by atoms with Crippen molar-refractivity contribution in [3.8, 4) is 0 Å². The lowest BCUT2D eigenvalue weighted by molar-refractivity contribution is -0.147. The Bertz CT molecular complexity index is 608. The van der Waals surface area contributed by atoms with Crippen molar-refractivity contribution in [1.82, 2.24) is 4.98 Å². The number of carbonyl (C=O) groups excluding carboxylic acids is 3. The van der Waals surface area contributed by atoms with Gasteiger partial charge in [-0.25, -0.2) is 9.78 Å². The molecule has 21 heavy (non-hydrogen) atoms. The number of methoxy groups -OCH3 is 1. The zero-order chi connectivity index (χ0) is 15.8. The second-order valence-corrected chi connectivity index (χ2v) is 6.44. The molecule has 0 bridgehead atoms. The van der Waals surface area contributed by atoms with Gasteiger partial charge in [-0.3, -0.25) is 9.59 Å². The Balaban J connectivity index is 2.14. The molecule has 1 atom stereocenters. The molecule has 0 spiro atoms. The number of nitrogens with one attached hydrogen (secondary N) is 1. The molecular formula is C13H16N2O5S. The van der Waals surface area contributed by atoms with E-state index in [-0.39, 0.29) is 18.0 Å². The summed E-state index contributed by atoms with van der Waals surface area (Å²) in [5.74, 6) is -1.89. The van der Waals surface area contributed by atoms with Crippen LogP contribution in [0.3, 0.4) is 0 Å². The number of ether oxygens (including phenoxy) is 2. The molecule has 0 saturated carbocycles. The van der Waals surface area contributed by atoms with Crippen LogP contribution in [-0.2, 0) is 19.1 Å². The predicted molar refractivity (Wildman–Crippen MR) is 75.1 cm³/mol. The summed E-state index contributed by atoms with van der Waals surface area (Å²) in [5.41, 5.74) is -0.672. The van der Waals surface area contributed by atoms with Gasteiger partial charge < -0.3 is 14.8 Å². The van der Waals surface area contributed by atoms with Crippen LogP contribution >= 0.6 is 11.3 Å². The number of anilines is 1. The Morgan fingerprint density at radius 2 is 2.14 bits per heavy atom. The first kappa shape index (κ1) is 15.4. The molecule has 114 valence electrons. The number of hydrogen-bond donors (Lipinski definition) is 1. The van der Waals surface area contributed by atoms with Crippen molar-refractivity contribution < 1.29 is 23.9 Å². The molecule has 1 aliphatic rings. The van der Waals surface area contributed by atoms with Gasteiger partial charge in [0.05, 0.1) is 19.4 Å². The van der Waals surface area contributed by atoms with Gasteiger partial charge in [0.25, 0.3) is 0 Å². The SMILES string of the molecule is COC(=O)c1nc(NC(=O)[C@H]2CC(=O)OC2(C)C)sc1C. The molecule has 0 aliphatic carbocycles. The monoisotopic (exact) mass is 312 g/mol. The minimum absolute atomic E-state index is 0.0348. The molecule has 0 unspecified atom stereocenters. The molecule has 1 aromatic rings. The van der Waals surface area contributed by atoms with Gasteiger partial charge >= 0.3 is 11.9 Å². The maximum absolute atomic E-state index is 12.2. The minimum atomic E-state index is -0.849. The van der Waals surface area contributed by atoms with Crippen LogP contribution in [0.25, 0.3) is 0 Å². The van der Waals surface area contributed by atoms with Crippen molar-refractivity contribution >= 4 is 34.3 Å². The van der Waals surface area contributed by atoms with Crippen LogP contribution in [0.15, 0.2) is 0 Å². The molecule has 1 amide bonds. The molecule has 1 saturated heterocycles. The first-order valence-corrected chi connectivity index (χ1v) is 7.14. The third-order valence-corrected chi connectivity index (χ3v) is 4.20. The van der Waals surface area contributed by atoms with Crippen LogP contribution in [0.4, 0.5) is 5.13 Å². The van der Waals surface area contributed by atoms with Gasteiger partial charge in [0.15, 0.2) is 10.8 Å². The van der Waals surface area contributed by atoms with Gasteiger partial charge in [-0.2, -0.15) is 0 Å². The number of thiazole rings is 1. The third-order valence-electron chi connectivity index (χ3n) is 3.31. The van der Waals surface area contributed by atoms with E-state index < -0.39 is 23.5 Å². The highest BCUT2D eigenvalue weighted by atomic mass is 32.1. The molecule has 7 nitrogen and oxygen atoms in total. The Kier molecular flexibility index (Phi) is 3.99. The Labute approximate surface area is 125 Å². The largest absolute Gasteiger partial charge is 0.464 e. The van der Waals surface area contributed by atoms with Crippen molar-refractivity contribution in [3.05, 3.63) is 10.6 Å². The van der Waals surface area contributed by atoms with Crippen LogP contribution in [0.1, 0.15) is 35.6 Å². The molecule has 1 N–H and O–H groups in total. The van der Waals surface area contributed by atoms with Gasteiger partial charge in [0.2, 0.25) is 5.91 Å². The summed E-state index contributed by atoms with van der Waals surface area (Å²) < 4.78 is 9.72. The molecular weight excluding hydrogens is 296 g/mol. The summed E-state index contributed by atoms with van der Waals surface area (Å²) in [6, 6.07) is 0. The standard InChI is InChI=1S/C13H16N2O5S/c1-6-9(11(18)19-4)14-12(21-6)15-10(17)7-5-8(16)20-13(7,2)3/h7H,5H2,1-4H3,(H,14,15,17)/t7-/m1/s1. The van der Waals surface area contributed by atoms with Crippen LogP contribution in [-0.4, -0.2) is 35.5 Å². The van der Waals surface area contributed by atoms with Gasteiger partial charge in [0, 0.05) is 4.88 Å². The molecule has 8 heteroatoms. The van der Waals surface area contributed by atoms with Crippen molar-refractivity contribution in [2.45, 2.75) is 32.8 Å². The Hall–Kier alpha value is -1.96. The van der Waals surface area contributed by atoms with E-state index in [1.54, 1.807) is 20.8 Å². The smallest absolute Gasteiger partial charge is 0.357 e. The average Bonchev–Trinajstić information content (AvgIpc) is 2.87. The zero-order valence-corrected chi connectivity index (χ0v) is 13.0. The lowest BCUT2D eigenvalue weighted by Gasteiger charge is -2.23. The van der Waals surface area contributed by atoms with Gasteiger partial charge in [-0.15, -0.1) is 11.3 Å². The van der Waals surface area contributed by atoms with E-state index in [1.807, 2.05) is 0 Å². The van der Waals surface area contributed by atoms with Crippen molar-refractivity contribution in [3.63, 3.8) is 0 Å². The predicted octanol–water partition coefficient (Wildman–Crippen LogP) is 1.52. The molecule has 2 rings (SSSR count). The molecule has 0 radical (unpaired) electrons. The van der Waals surface area contributed by atoms with E-state index in [2.05, 4.69) is 15.0 Å². The average molecular weight is 312 g/mol. The maximum atomic E-state index is 12.2. The third kappa shape index (κ3) is 3.05. The van der Waals surface area contributed by atoms with E-state index in [1.165, 1.54) is 18.4 Å². The highest BCUT2D eigenvalue weighted by molar-refractivity contribution is 7.16. The maximum Gasteiger partial charge on any atom is 0.357 e. The summed E-state index contributed by atoms with van der Waals surface area (Å²) in [4.78, 5) is 39.8. The van der Waals surface area contributed by atoms with Crippen molar-refractivity contribution in [2.24, 2.45) is 5.92 Å². The van der Waals surface area contributed by atoms with Crippen molar-refractivity contribution in [2.75, 3.05) is 12.4 Å². The van der Waals surface area contributed by atoms with E-state index in [0.717, 1.165) is 0 Å². The number of nitrogens with zero attached hydrogens (tertiary/aromatic N) is 1. The summed E-state index contributed by atoms with van der Waals surface area (Å²) >= 11 is 1.18. The zero-order valence-electron chi connectivity index (χ0n) is 12.2. The van der Waals surface area contributed by atoms with E-state index >= 15 is 0 Å². The fourth-order valence-corrected chi connectivity index (χ4v) is 2.96. The fourth-order valence-electron chi connectivity index (χ4n) is 2.16. The Morgan fingerprint density at radius 1 is 1.48 bits per heavy atom. The second-order valence-electron chi connectivity index (χ2n) is 5.24. The lowest BCUT2D eigenvalue weighted by atomic mass is 9.90. The van der Waals surface area contributed by atoms with Crippen molar-refractivity contribution in [1.29, 1.82) is 0 Å². The number of hydrogen-bond acceptors (Lipinski definition) is 7. The highest BCUT2D eigenvalue weighted by Crippen LogP contribution is 2.33. The minimum Gasteiger partial charge on any atom is -0.464 e. The summed E-state index contributed by atoms with van der Waals surface area (Å²) in [7, 11) is 1.27. The van der Waals surface area contributed by atoms with E-state index in [9.17, 15) is 14.4 Å². The normalized spacial score (nSPS) is 20.0. The molecule has 1 aromatic heterocycles. The van der Waals surface area contributed by atoms with Crippen LogP contribution in [0.2, 0.25) is 0 Å². The number of rotatable bonds is 3. The first-order chi connectivity index (χ1) is 9.74. The van der Waals surface area contributed by atoms with E-state index in [4.69, 9.17) is 4.74 Å². The molecule has 1 fully saturated rings. The topological polar surface area (TPSA) is 94.6 Å². The number of carbonyl (C=O) groups is 3. The highest BCUT2D eigenvalue weighted by Gasteiger charge is 2.46. The molecule has 1 aliphatic heterocycles. The van der Waals surface area contributed by atoms with Gasteiger partial charge in [-0.1, -0.05) is 0 Å². The number of aryl methyl sites for hydroxylation is 1. The quantitative estimate of drug-likeness (QED) is 0.850. The molecule has 0 aromatic carbocycles. The van der Waals surface area contributed by atoms with Gasteiger partial charge in [-0.05, 0) is 20.8 Å². The van der Waals surface area contributed by atoms with Crippen LogP contribution < -0.4 is 5.32 Å². The summed E-state index contributed by atoms with van der Waals surface area (Å²) in [6.45, 7) is 5.09. The number of esters is 2. The number of amides is 1. The fraction of sp³-hybridized carbons (Fsp3) is 0.538. The lowest BCUT2D eigenvalue weighted by Crippen LogP contribution is -2.36. The number of aromatic nitrogens is 1. The molecule has 2 heterocycles.